The lowest BCUT2D eigenvalue weighted by atomic mass is 10.2. The van der Waals surface area contributed by atoms with Crippen LogP contribution in [-0.4, -0.2) is 85.4 Å². The zero-order chi connectivity index (χ0) is 19.9. The number of imide groups is 1. The fourth-order valence-corrected chi connectivity index (χ4v) is 2.18. The van der Waals surface area contributed by atoms with Crippen molar-refractivity contribution in [3.05, 3.63) is 12.2 Å². The average Bonchev–Trinajstić information content (AvgIpc) is 2.90. The third-order valence-electron chi connectivity index (χ3n) is 3.45. The van der Waals surface area contributed by atoms with E-state index in [1.807, 2.05) is 0 Å². The summed E-state index contributed by atoms with van der Waals surface area (Å²) in [5, 5.41) is 4.86. The van der Waals surface area contributed by atoms with E-state index in [2.05, 4.69) is 10.6 Å². The molecule has 1 aliphatic rings. The predicted octanol–water partition coefficient (Wildman–Crippen LogP) is -2.44. The summed E-state index contributed by atoms with van der Waals surface area (Å²) < 4.78 is 4.88. The van der Waals surface area contributed by atoms with E-state index in [1.54, 1.807) is 0 Å². The van der Waals surface area contributed by atoms with Crippen LogP contribution in [0.15, 0.2) is 12.2 Å². The maximum Gasteiger partial charge on any atom is 0.315 e. The van der Waals surface area contributed by atoms with Crippen LogP contribution in [0.1, 0.15) is 6.92 Å². The molecule has 26 heavy (non-hydrogen) atoms. The Morgan fingerprint density at radius 3 is 2.15 bits per heavy atom. The van der Waals surface area contributed by atoms with E-state index in [4.69, 9.17) is 10.5 Å². The highest BCUT2D eigenvalue weighted by Crippen LogP contribution is 2.08. The van der Waals surface area contributed by atoms with Crippen LogP contribution in [0.3, 0.4) is 0 Å². The smallest absolute Gasteiger partial charge is 0.315 e. The number of hydrogen-bond acceptors (Lipinski definition) is 7. The molecular weight excluding hydrogens is 346 g/mol. The second-order valence-corrected chi connectivity index (χ2v) is 5.69. The molecule has 0 bridgehead atoms. The number of urea groups is 1. The quantitative estimate of drug-likeness (QED) is 0.317. The Bertz CT molecular complexity index is 600. The van der Waals surface area contributed by atoms with Crippen molar-refractivity contribution in [2.75, 3.05) is 33.7 Å². The first-order chi connectivity index (χ1) is 12.2. The maximum absolute atomic E-state index is 11.9. The minimum Gasteiger partial charge on any atom is -0.451 e. The van der Waals surface area contributed by atoms with Crippen molar-refractivity contribution < 1.29 is 28.7 Å². The van der Waals surface area contributed by atoms with Crippen LogP contribution in [0.2, 0.25) is 0 Å². The van der Waals surface area contributed by atoms with E-state index >= 15 is 0 Å². The highest BCUT2D eigenvalue weighted by atomic mass is 16.5. The highest BCUT2D eigenvalue weighted by Gasteiger charge is 2.30. The molecule has 0 spiro atoms. The number of nitrogens with two attached hydrogens (primary N) is 1. The van der Waals surface area contributed by atoms with Crippen molar-refractivity contribution in [3.63, 3.8) is 0 Å². The number of ether oxygens (including phenoxy) is 1. The van der Waals surface area contributed by atoms with Gasteiger partial charge in [0, 0.05) is 46.3 Å². The molecule has 5 amide bonds. The van der Waals surface area contributed by atoms with Crippen LogP contribution < -0.4 is 16.4 Å². The summed E-state index contributed by atoms with van der Waals surface area (Å²) >= 11 is 0. The number of carbonyl (C=O) groups excluding carboxylic acids is 5. The molecule has 4 N–H and O–H groups in total. The largest absolute Gasteiger partial charge is 0.451 e. The van der Waals surface area contributed by atoms with Crippen LogP contribution >= 0.6 is 0 Å². The first-order valence-corrected chi connectivity index (χ1v) is 7.82. The van der Waals surface area contributed by atoms with Gasteiger partial charge in [-0.05, 0) is 0 Å². The second-order valence-electron chi connectivity index (χ2n) is 5.69. The molecule has 2 atom stereocenters. The molecule has 1 unspecified atom stereocenters. The minimum absolute atomic E-state index is 0.0331. The van der Waals surface area contributed by atoms with E-state index in [0.29, 0.717) is 0 Å². The van der Waals surface area contributed by atoms with Gasteiger partial charge in [0.15, 0.2) is 6.10 Å². The lowest BCUT2D eigenvalue weighted by Gasteiger charge is -2.25. The Kier molecular flexibility index (Phi) is 7.72. The summed E-state index contributed by atoms with van der Waals surface area (Å²) in [4.78, 5) is 60.3. The molecule has 0 radical (unpaired) electrons. The fraction of sp³-hybridized carbons (Fsp3) is 0.533. The summed E-state index contributed by atoms with van der Waals surface area (Å²) in [6.45, 7) is 0.814. The number of nitrogens with one attached hydrogen (secondary N) is 2. The molecular formula is C15H23N5O6. The van der Waals surface area contributed by atoms with Crippen LogP contribution in [-0.2, 0) is 23.9 Å². The topological polar surface area (TPSA) is 151 Å². The lowest BCUT2D eigenvalue weighted by Crippen LogP contribution is -2.53. The van der Waals surface area contributed by atoms with Gasteiger partial charge in [-0.1, -0.05) is 0 Å². The van der Waals surface area contributed by atoms with Gasteiger partial charge in [0.1, 0.15) is 0 Å². The number of rotatable bonds is 8. The SMILES string of the molecule is CC(=O)OC(CNC(=O)NC[C@H](CN)N1C(=O)C=CC1=O)C(=O)N(C)C. The molecule has 0 aromatic heterocycles. The first kappa shape index (κ1) is 21.1. The van der Waals surface area contributed by atoms with Crippen molar-refractivity contribution in [1.82, 2.24) is 20.4 Å². The van der Waals surface area contributed by atoms with Crippen molar-refractivity contribution in [1.29, 1.82) is 0 Å². The van der Waals surface area contributed by atoms with E-state index < -0.39 is 41.9 Å². The molecule has 0 fully saturated rings. The zero-order valence-corrected chi connectivity index (χ0v) is 14.9. The number of hydrogen-bond donors (Lipinski definition) is 3. The van der Waals surface area contributed by atoms with Gasteiger partial charge < -0.3 is 26.0 Å². The fourth-order valence-electron chi connectivity index (χ4n) is 2.18. The third kappa shape index (κ3) is 5.84. The van der Waals surface area contributed by atoms with E-state index in [9.17, 15) is 24.0 Å². The summed E-state index contributed by atoms with van der Waals surface area (Å²) in [7, 11) is 2.98. The van der Waals surface area contributed by atoms with Crippen molar-refractivity contribution in [2.24, 2.45) is 5.73 Å². The van der Waals surface area contributed by atoms with Gasteiger partial charge in [-0.25, -0.2) is 4.79 Å². The zero-order valence-electron chi connectivity index (χ0n) is 14.9. The number of nitrogens with zero attached hydrogens (tertiary/aromatic N) is 2. The third-order valence-corrected chi connectivity index (χ3v) is 3.45. The lowest BCUT2D eigenvalue weighted by molar-refractivity contribution is -0.156. The maximum atomic E-state index is 11.9. The molecule has 0 saturated carbocycles. The van der Waals surface area contributed by atoms with Crippen molar-refractivity contribution in [2.45, 2.75) is 19.1 Å². The summed E-state index contributed by atoms with van der Waals surface area (Å²) in [6, 6.07) is -1.37. The average molecular weight is 369 g/mol. The second kappa shape index (κ2) is 9.51. The highest BCUT2D eigenvalue weighted by molar-refractivity contribution is 6.13. The Balaban J connectivity index is 2.53. The van der Waals surface area contributed by atoms with Crippen LogP contribution in [0.5, 0.6) is 0 Å². The molecule has 0 aromatic carbocycles. The van der Waals surface area contributed by atoms with Gasteiger partial charge in [0.2, 0.25) is 0 Å². The number of carbonyl (C=O) groups is 5. The number of esters is 1. The summed E-state index contributed by atoms with van der Waals surface area (Å²) in [6.07, 6.45) is 1.09. The predicted molar refractivity (Wildman–Crippen MR) is 89.5 cm³/mol. The molecule has 11 nitrogen and oxygen atoms in total. The molecule has 1 rings (SSSR count). The van der Waals surface area contributed by atoms with Crippen LogP contribution in [0.4, 0.5) is 4.79 Å². The first-order valence-electron chi connectivity index (χ1n) is 7.82. The van der Waals surface area contributed by atoms with Crippen LogP contribution in [0, 0.1) is 0 Å². The monoisotopic (exact) mass is 369 g/mol. The van der Waals surface area contributed by atoms with E-state index in [1.165, 1.54) is 19.0 Å². The summed E-state index contributed by atoms with van der Waals surface area (Å²) in [5.74, 6) is -2.15. The van der Waals surface area contributed by atoms with Gasteiger partial charge in [-0.2, -0.15) is 0 Å². The molecule has 1 aliphatic heterocycles. The normalized spacial score (nSPS) is 15.5. The molecule has 144 valence electrons. The van der Waals surface area contributed by atoms with Gasteiger partial charge >= 0.3 is 12.0 Å². The van der Waals surface area contributed by atoms with Gasteiger partial charge in [-0.3, -0.25) is 24.1 Å². The van der Waals surface area contributed by atoms with Gasteiger partial charge in [-0.15, -0.1) is 0 Å². The van der Waals surface area contributed by atoms with E-state index in [0.717, 1.165) is 24.0 Å². The molecule has 0 aromatic rings. The molecule has 11 heteroatoms. The van der Waals surface area contributed by atoms with Crippen LogP contribution in [0.25, 0.3) is 0 Å². The number of likely N-dealkylation sites (N-methyl/N-ethyl adjacent to an activating group) is 1. The Morgan fingerprint density at radius 2 is 1.69 bits per heavy atom. The van der Waals surface area contributed by atoms with E-state index in [-0.39, 0.29) is 19.6 Å². The minimum atomic E-state index is -1.16. The Hall–Kier alpha value is -2.95. The Labute approximate surface area is 150 Å². The van der Waals surface area contributed by atoms with Crippen molar-refractivity contribution >= 4 is 29.7 Å². The molecule has 0 saturated heterocycles. The Morgan fingerprint density at radius 1 is 1.15 bits per heavy atom. The van der Waals surface area contributed by atoms with Gasteiger partial charge in [0.05, 0.1) is 12.6 Å². The standard InChI is InChI=1S/C15H23N5O6/c1-9(21)26-11(14(24)19(2)3)8-18-15(25)17-7-10(6-16)20-12(22)4-5-13(20)23/h4-5,10-11H,6-8,16H2,1-3H3,(H2,17,18,25)/t10-,11?/m0/s1. The number of amides is 5. The van der Waals surface area contributed by atoms with Gasteiger partial charge in [0.25, 0.3) is 17.7 Å². The van der Waals surface area contributed by atoms with Crippen molar-refractivity contribution in [3.8, 4) is 0 Å². The molecule has 0 aliphatic carbocycles. The summed E-state index contributed by atoms with van der Waals surface area (Å²) in [5.41, 5.74) is 5.56. The molecule has 1 heterocycles.